The van der Waals surface area contributed by atoms with Gasteiger partial charge in [-0.25, -0.2) is 22.1 Å². The molecule has 4 rings (SSSR count). The zero-order chi connectivity index (χ0) is 25.2. The molecule has 2 heterocycles. The number of fused-ring (bicyclic) bond motifs is 1. The summed E-state index contributed by atoms with van der Waals surface area (Å²) in [5, 5.41) is 2.63. The first-order valence-electron chi connectivity index (χ1n) is 11.6. The van der Waals surface area contributed by atoms with E-state index in [1.807, 2.05) is 18.2 Å². The van der Waals surface area contributed by atoms with Crippen LogP contribution in [-0.2, 0) is 29.8 Å². The van der Waals surface area contributed by atoms with Crippen LogP contribution >= 0.6 is 0 Å². The standard InChI is InChI=1S/C26H30F2N4O2S/c1-17(9-10-18-7-5-4-6-8-18)23-14-12-20-24(35(34,29-2)31-23)16-32(3)25(20)26(33)30-19-11-13-21(27)22(28)15-19/h4-8,11,13,15-17,23H,9-10,12,14H2,1-3H3,(H,30,33)(H,29,31,34). The highest BCUT2D eigenvalue weighted by atomic mass is 32.2. The van der Waals surface area contributed by atoms with Crippen LogP contribution < -0.4 is 10.0 Å². The van der Waals surface area contributed by atoms with Gasteiger partial charge in [0.25, 0.3) is 5.91 Å². The zero-order valence-corrected chi connectivity index (χ0v) is 20.9. The van der Waals surface area contributed by atoms with E-state index in [2.05, 4.69) is 33.5 Å². The van der Waals surface area contributed by atoms with Crippen LogP contribution in [0.1, 0.15) is 41.4 Å². The highest BCUT2D eigenvalue weighted by molar-refractivity contribution is 7.91. The number of carbonyl (C=O) groups is 1. The molecule has 0 saturated carbocycles. The lowest BCUT2D eigenvalue weighted by molar-refractivity contribution is 0.101. The fourth-order valence-corrected chi connectivity index (χ4v) is 6.63. The molecule has 3 unspecified atom stereocenters. The predicted octanol–water partition coefficient (Wildman–Crippen LogP) is 5.10. The maximum atomic E-state index is 13.9. The summed E-state index contributed by atoms with van der Waals surface area (Å²) in [6, 6.07) is 13.4. The number of aryl methyl sites for hydroxylation is 2. The largest absolute Gasteiger partial charge is 0.345 e. The van der Waals surface area contributed by atoms with E-state index in [0.717, 1.165) is 25.0 Å². The molecule has 0 aliphatic carbocycles. The van der Waals surface area contributed by atoms with Gasteiger partial charge >= 0.3 is 0 Å². The van der Waals surface area contributed by atoms with Gasteiger partial charge in [0.2, 0.25) is 0 Å². The average molecular weight is 501 g/mol. The van der Waals surface area contributed by atoms with Crippen molar-refractivity contribution in [1.82, 2.24) is 9.29 Å². The molecule has 2 aromatic carbocycles. The summed E-state index contributed by atoms with van der Waals surface area (Å²) in [5.74, 6) is -2.28. The Balaban J connectivity index is 1.58. The molecule has 3 atom stereocenters. The van der Waals surface area contributed by atoms with Crippen LogP contribution in [0.15, 0.2) is 64.0 Å². The summed E-state index contributed by atoms with van der Waals surface area (Å²) in [7, 11) is 0.260. The van der Waals surface area contributed by atoms with E-state index in [-0.39, 0.29) is 17.6 Å². The maximum absolute atomic E-state index is 13.9. The fraction of sp³-hybridized carbons (Fsp3) is 0.346. The van der Waals surface area contributed by atoms with Crippen LogP contribution in [0.2, 0.25) is 0 Å². The highest BCUT2D eigenvalue weighted by Crippen LogP contribution is 2.31. The van der Waals surface area contributed by atoms with Crippen molar-refractivity contribution in [3.05, 3.63) is 83.2 Å². The molecule has 1 aliphatic rings. The maximum Gasteiger partial charge on any atom is 0.272 e. The second kappa shape index (κ2) is 10.3. The number of nitrogens with one attached hydrogen (secondary N) is 2. The molecule has 6 nitrogen and oxygen atoms in total. The molecule has 35 heavy (non-hydrogen) atoms. The van der Waals surface area contributed by atoms with Gasteiger partial charge in [0, 0.05) is 43.7 Å². The summed E-state index contributed by atoms with van der Waals surface area (Å²) in [6.45, 7) is 2.14. The number of hydrogen-bond acceptors (Lipinski definition) is 3. The van der Waals surface area contributed by atoms with E-state index in [9.17, 15) is 17.8 Å². The lowest BCUT2D eigenvalue weighted by Crippen LogP contribution is -2.38. The normalized spacial score (nSPS) is 20.5. The van der Waals surface area contributed by atoms with E-state index in [4.69, 9.17) is 0 Å². The number of anilines is 1. The fourth-order valence-electron chi connectivity index (χ4n) is 4.61. The topological polar surface area (TPSA) is 75.5 Å². The molecule has 0 saturated heterocycles. The van der Waals surface area contributed by atoms with Gasteiger partial charge in [-0.15, -0.1) is 0 Å². The number of amides is 1. The molecule has 0 radical (unpaired) electrons. The van der Waals surface area contributed by atoms with Crippen molar-refractivity contribution in [3.63, 3.8) is 0 Å². The molecule has 3 aromatic rings. The summed E-state index contributed by atoms with van der Waals surface area (Å²) in [5.41, 5.74) is 2.40. The Kier molecular flexibility index (Phi) is 7.37. The Bertz CT molecular complexity index is 1350. The molecule has 186 valence electrons. The molecule has 2 N–H and O–H groups in total. The first-order chi connectivity index (χ1) is 16.7. The Labute approximate surface area is 205 Å². The van der Waals surface area contributed by atoms with Crippen LogP contribution in [-0.4, -0.2) is 27.8 Å². The van der Waals surface area contributed by atoms with Crippen molar-refractivity contribution >= 4 is 21.5 Å². The van der Waals surface area contributed by atoms with Crippen LogP contribution in [0.5, 0.6) is 0 Å². The number of halogens is 2. The summed E-state index contributed by atoms with van der Waals surface area (Å²) < 4.78 is 50.0. The van der Waals surface area contributed by atoms with Crippen molar-refractivity contribution in [1.29, 1.82) is 0 Å². The first-order valence-corrected chi connectivity index (χ1v) is 13.1. The van der Waals surface area contributed by atoms with E-state index in [0.29, 0.717) is 29.0 Å². The van der Waals surface area contributed by atoms with Gasteiger partial charge in [-0.1, -0.05) is 37.3 Å². The molecule has 1 aliphatic heterocycles. The number of nitrogens with zero attached hydrogens (tertiary/aromatic N) is 2. The van der Waals surface area contributed by atoms with E-state index < -0.39 is 27.5 Å². The molecule has 0 spiro atoms. The van der Waals surface area contributed by atoms with Crippen molar-refractivity contribution in [2.24, 2.45) is 17.3 Å². The van der Waals surface area contributed by atoms with E-state index >= 15 is 0 Å². The van der Waals surface area contributed by atoms with Crippen LogP contribution in [0.3, 0.4) is 0 Å². The predicted molar refractivity (Wildman–Crippen MR) is 134 cm³/mol. The number of benzene rings is 2. The van der Waals surface area contributed by atoms with Crippen molar-refractivity contribution in [3.8, 4) is 0 Å². The Morgan fingerprint density at radius 3 is 2.66 bits per heavy atom. The minimum absolute atomic E-state index is 0.0466. The lowest BCUT2D eigenvalue weighted by Gasteiger charge is -2.24. The van der Waals surface area contributed by atoms with Crippen molar-refractivity contribution in [2.75, 3.05) is 12.4 Å². The van der Waals surface area contributed by atoms with Gasteiger partial charge in [-0.3, -0.25) is 4.79 Å². The number of carbonyl (C=O) groups excluding carboxylic acids is 1. The van der Waals surface area contributed by atoms with Crippen LogP contribution in [0.25, 0.3) is 0 Å². The molecular formula is C26H30F2N4O2S. The smallest absolute Gasteiger partial charge is 0.272 e. The van der Waals surface area contributed by atoms with Gasteiger partial charge < -0.3 is 9.88 Å². The second-order valence-corrected chi connectivity index (χ2v) is 11.1. The molecular weight excluding hydrogens is 470 g/mol. The Hall–Kier alpha value is -3.04. The number of hydrogen-bond donors (Lipinski definition) is 2. The van der Waals surface area contributed by atoms with Gasteiger partial charge in [0.15, 0.2) is 11.6 Å². The second-order valence-electron chi connectivity index (χ2n) is 8.99. The van der Waals surface area contributed by atoms with Gasteiger partial charge in [-0.05, 0) is 49.3 Å². The average Bonchev–Trinajstić information content (AvgIpc) is 3.12. The summed E-state index contributed by atoms with van der Waals surface area (Å²) >= 11 is 0. The molecule has 1 aromatic heterocycles. The Morgan fingerprint density at radius 1 is 1.23 bits per heavy atom. The molecule has 9 heteroatoms. The summed E-state index contributed by atoms with van der Waals surface area (Å²) in [6.07, 6.45) is 4.74. The van der Waals surface area contributed by atoms with Crippen LogP contribution in [0.4, 0.5) is 14.5 Å². The third kappa shape index (κ3) is 5.31. The first kappa shape index (κ1) is 25.1. The van der Waals surface area contributed by atoms with Crippen LogP contribution in [0, 0.1) is 17.6 Å². The van der Waals surface area contributed by atoms with E-state index in [1.54, 1.807) is 17.8 Å². The van der Waals surface area contributed by atoms with Gasteiger partial charge in [0.05, 0.1) is 4.90 Å². The third-order valence-electron chi connectivity index (χ3n) is 6.63. The SMILES string of the molecule is CN=S1(=O)NC(C(C)CCc2ccccc2)CCc2c1cn(C)c2C(=O)Nc1ccc(F)c(F)c1. The molecule has 0 fully saturated rings. The summed E-state index contributed by atoms with van der Waals surface area (Å²) in [4.78, 5) is 13.7. The Morgan fingerprint density at radius 2 is 1.97 bits per heavy atom. The van der Waals surface area contributed by atoms with Crippen molar-refractivity contribution in [2.45, 2.75) is 43.5 Å². The minimum atomic E-state index is -2.96. The highest BCUT2D eigenvalue weighted by Gasteiger charge is 2.33. The monoisotopic (exact) mass is 500 g/mol. The lowest BCUT2D eigenvalue weighted by atomic mass is 9.91. The third-order valence-corrected chi connectivity index (χ3v) is 8.71. The molecule has 1 amide bonds. The minimum Gasteiger partial charge on any atom is -0.345 e. The number of aromatic nitrogens is 1. The van der Waals surface area contributed by atoms with E-state index in [1.165, 1.54) is 18.7 Å². The zero-order valence-electron chi connectivity index (χ0n) is 20.1. The van der Waals surface area contributed by atoms with Gasteiger partial charge in [-0.2, -0.15) is 0 Å². The van der Waals surface area contributed by atoms with Crippen molar-refractivity contribution < 1.29 is 17.8 Å². The quantitative estimate of drug-likeness (QED) is 0.494. The number of rotatable bonds is 6. The molecule has 0 bridgehead atoms. The van der Waals surface area contributed by atoms with Gasteiger partial charge in [0.1, 0.15) is 15.6 Å².